The largest absolute Gasteiger partial charge is 0.0844 e. The van der Waals surface area contributed by atoms with Crippen LogP contribution in [0.5, 0.6) is 0 Å². The third-order valence-electron chi connectivity index (χ3n) is 1.64. The molecule has 0 atom stereocenters. The van der Waals surface area contributed by atoms with Gasteiger partial charge < -0.3 is 0 Å². The Bertz CT molecular complexity index is 197. The fraction of sp³-hybridized carbons (Fsp3) is 0.455. The van der Waals surface area contributed by atoms with Crippen LogP contribution in [0.4, 0.5) is 0 Å². The monoisotopic (exact) mass is 228 g/mol. The molecule has 0 bridgehead atoms. The van der Waals surface area contributed by atoms with Crippen molar-refractivity contribution in [1.29, 1.82) is 0 Å². The van der Waals surface area contributed by atoms with E-state index in [2.05, 4.69) is 48.0 Å². The van der Waals surface area contributed by atoms with Gasteiger partial charge in [0.1, 0.15) is 0 Å². The van der Waals surface area contributed by atoms with Crippen LogP contribution in [0.2, 0.25) is 0 Å². The molecule has 0 aliphatic heterocycles. The van der Waals surface area contributed by atoms with E-state index in [0.29, 0.717) is 0 Å². The normalized spacial score (nSPS) is 14.3. The van der Waals surface area contributed by atoms with Crippen molar-refractivity contribution in [2.24, 2.45) is 0 Å². The third kappa shape index (κ3) is 5.36. The Morgan fingerprint density at radius 2 is 1.83 bits per heavy atom. The third-order valence-corrected chi connectivity index (χ3v) is 2.36. The lowest BCUT2D eigenvalue weighted by Crippen LogP contribution is -1.75. The summed E-state index contributed by atoms with van der Waals surface area (Å²) >= 11 is 3.43. The Morgan fingerprint density at radius 3 is 2.25 bits per heavy atom. The van der Waals surface area contributed by atoms with E-state index in [9.17, 15) is 0 Å². The van der Waals surface area contributed by atoms with Crippen molar-refractivity contribution in [3.05, 3.63) is 34.4 Å². The van der Waals surface area contributed by atoms with Crippen molar-refractivity contribution in [2.45, 2.75) is 33.6 Å². The Balaban J connectivity index is 4.12. The van der Waals surface area contributed by atoms with Crippen LogP contribution in [-0.2, 0) is 0 Å². The quantitative estimate of drug-likeness (QED) is 0.618. The van der Waals surface area contributed by atoms with Crippen molar-refractivity contribution < 1.29 is 0 Å². The number of hydrogen-bond donors (Lipinski definition) is 0. The molecule has 0 saturated carbocycles. The summed E-state index contributed by atoms with van der Waals surface area (Å²) in [4.78, 5) is 0. The molecule has 0 spiro atoms. The molecule has 0 aromatic rings. The zero-order valence-electron chi connectivity index (χ0n) is 8.10. The molecule has 1 heteroatoms. The van der Waals surface area contributed by atoms with Crippen LogP contribution >= 0.6 is 15.9 Å². The van der Waals surface area contributed by atoms with Gasteiger partial charge >= 0.3 is 0 Å². The zero-order chi connectivity index (χ0) is 9.40. The van der Waals surface area contributed by atoms with Crippen LogP contribution in [0, 0.1) is 0 Å². The Labute approximate surface area is 84.2 Å². The summed E-state index contributed by atoms with van der Waals surface area (Å²) in [7, 11) is 0. The zero-order valence-corrected chi connectivity index (χ0v) is 9.69. The number of halogens is 1. The van der Waals surface area contributed by atoms with Gasteiger partial charge in [-0.25, -0.2) is 0 Å². The molecular formula is C11H17Br. The summed E-state index contributed by atoms with van der Waals surface area (Å²) in [6.45, 7) is 6.30. The van der Waals surface area contributed by atoms with E-state index in [1.54, 1.807) is 0 Å². The van der Waals surface area contributed by atoms with Crippen molar-refractivity contribution in [2.75, 3.05) is 0 Å². The molecule has 0 N–H and O–H groups in total. The topological polar surface area (TPSA) is 0 Å². The number of hydrogen-bond acceptors (Lipinski definition) is 0. The Kier molecular flexibility index (Phi) is 7.17. The molecule has 0 unspecified atom stereocenters. The highest BCUT2D eigenvalue weighted by atomic mass is 79.9. The van der Waals surface area contributed by atoms with Gasteiger partial charge in [0.2, 0.25) is 0 Å². The Morgan fingerprint density at radius 1 is 1.17 bits per heavy atom. The van der Waals surface area contributed by atoms with Gasteiger partial charge in [-0.3, -0.25) is 0 Å². The van der Waals surface area contributed by atoms with Crippen LogP contribution in [0.3, 0.4) is 0 Å². The standard InChI is InChI=1S/C11H17Br/c1-4-7-10(5-2)8-9-11(12)6-3/h5-6,8-9H,4,7H2,1-3H3/b9-8-,10-5-,11-6+. The van der Waals surface area contributed by atoms with Gasteiger partial charge in [0.15, 0.2) is 0 Å². The highest BCUT2D eigenvalue weighted by molar-refractivity contribution is 9.11. The minimum absolute atomic E-state index is 1.14. The summed E-state index contributed by atoms with van der Waals surface area (Å²) in [5.74, 6) is 0. The minimum atomic E-state index is 1.14. The van der Waals surface area contributed by atoms with E-state index in [1.807, 2.05) is 13.0 Å². The number of rotatable bonds is 4. The van der Waals surface area contributed by atoms with E-state index in [0.717, 1.165) is 10.9 Å². The first kappa shape index (κ1) is 11.7. The maximum absolute atomic E-state index is 3.43. The summed E-state index contributed by atoms with van der Waals surface area (Å²) in [6, 6.07) is 0. The second-order valence-corrected chi connectivity index (χ2v) is 3.54. The SMILES string of the molecule is C\C=C(/C=C\C(Br)=C/C)CCC. The van der Waals surface area contributed by atoms with Crippen molar-refractivity contribution in [3.8, 4) is 0 Å². The summed E-state index contributed by atoms with van der Waals surface area (Å²) in [5, 5.41) is 0. The van der Waals surface area contributed by atoms with Gasteiger partial charge in [0.25, 0.3) is 0 Å². The van der Waals surface area contributed by atoms with Crippen molar-refractivity contribution >= 4 is 15.9 Å². The maximum Gasteiger partial charge on any atom is 0.0132 e. The van der Waals surface area contributed by atoms with Crippen LogP contribution in [0.25, 0.3) is 0 Å². The molecule has 12 heavy (non-hydrogen) atoms. The lowest BCUT2D eigenvalue weighted by atomic mass is 10.1. The van der Waals surface area contributed by atoms with Gasteiger partial charge in [0, 0.05) is 4.48 Å². The van der Waals surface area contributed by atoms with E-state index < -0.39 is 0 Å². The van der Waals surface area contributed by atoms with Crippen LogP contribution in [0.15, 0.2) is 34.4 Å². The predicted octanol–water partition coefficient (Wildman–Crippen LogP) is 4.59. The second kappa shape index (κ2) is 7.35. The summed E-state index contributed by atoms with van der Waals surface area (Å²) in [5.41, 5.74) is 1.40. The highest BCUT2D eigenvalue weighted by Gasteiger charge is 1.88. The molecule has 0 radical (unpaired) electrons. The lowest BCUT2D eigenvalue weighted by Gasteiger charge is -1.96. The molecule has 0 aliphatic rings. The predicted molar refractivity (Wildman–Crippen MR) is 60.5 cm³/mol. The molecule has 0 aliphatic carbocycles. The van der Waals surface area contributed by atoms with Gasteiger partial charge in [-0.1, -0.05) is 53.1 Å². The molecule has 0 aromatic heterocycles. The fourth-order valence-corrected chi connectivity index (χ4v) is 1.03. The van der Waals surface area contributed by atoms with Gasteiger partial charge in [-0.15, -0.1) is 0 Å². The van der Waals surface area contributed by atoms with Crippen LogP contribution in [0.1, 0.15) is 33.6 Å². The van der Waals surface area contributed by atoms with E-state index >= 15 is 0 Å². The summed E-state index contributed by atoms with van der Waals surface area (Å²) < 4.78 is 1.14. The first-order valence-electron chi connectivity index (χ1n) is 4.39. The molecule has 0 nitrogen and oxygen atoms in total. The molecule has 0 saturated heterocycles. The average molecular weight is 229 g/mol. The molecule has 0 rings (SSSR count). The molecular weight excluding hydrogens is 212 g/mol. The second-order valence-electron chi connectivity index (χ2n) is 2.62. The molecule has 0 aromatic carbocycles. The van der Waals surface area contributed by atoms with Crippen LogP contribution < -0.4 is 0 Å². The van der Waals surface area contributed by atoms with E-state index in [4.69, 9.17) is 0 Å². The molecule has 0 heterocycles. The van der Waals surface area contributed by atoms with Gasteiger partial charge in [-0.05, 0) is 26.3 Å². The fourth-order valence-electron chi connectivity index (χ4n) is 0.895. The van der Waals surface area contributed by atoms with Gasteiger partial charge in [0.05, 0.1) is 0 Å². The molecule has 0 fully saturated rings. The van der Waals surface area contributed by atoms with Crippen molar-refractivity contribution in [3.63, 3.8) is 0 Å². The van der Waals surface area contributed by atoms with Gasteiger partial charge in [-0.2, -0.15) is 0 Å². The first-order valence-corrected chi connectivity index (χ1v) is 5.19. The maximum atomic E-state index is 3.43. The smallest absolute Gasteiger partial charge is 0.0132 e. The molecule has 0 amide bonds. The minimum Gasteiger partial charge on any atom is -0.0844 e. The summed E-state index contributed by atoms with van der Waals surface area (Å²) in [6.07, 6.45) is 10.8. The van der Waals surface area contributed by atoms with E-state index in [1.165, 1.54) is 12.0 Å². The number of allylic oxidation sites excluding steroid dienone is 6. The molecule has 68 valence electrons. The Hall–Kier alpha value is -0.300. The van der Waals surface area contributed by atoms with Crippen molar-refractivity contribution in [1.82, 2.24) is 0 Å². The lowest BCUT2D eigenvalue weighted by molar-refractivity contribution is 0.924. The van der Waals surface area contributed by atoms with Crippen LogP contribution in [-0.4, -0.2) is 0 Å². The average Bonchev–Trinajstić information content (AvgIpc) is 2.11. The highest BCUT2D eigenvalue weighted by Crippen LogP contribution is 2.11. The first-order chi connectivity index (χ1) is 5.74. The van der Waals surface area contributed by atoms with E-state index in [-0.39, 0.29) is 0 Å².